The van der Waals surface area contributed by atoms with Gasteiger partial charge in [0, 0.05) is 6.42 Å². The van der Waals surface area contributed by atoms with Crippen molar-refractivity contribution in [1.29, 1.82) is 0 Å². The first-order valence-corrected chi connectivity index (χ1v) is 6.38. The Morgan fingerprint density at radius 3 is 3.17 bits per heavy atom. The largest absolute Gasteiger partial charge is 0.468 e. The third kappa shape index (κ3) is 2.87. The molecule has 6 heteroatoms. The van der Waals surface area contributed by atoms with Crippen molar-refractivity contribution >= 4 is 5.97 Å². The Bertz CT molecular complexity index is 405. The number of methoxy groups -OCH3 is 1. The first-order valence-electron chi connectivity index (χ1n) is 6.38. The molecule has 1 fully saturated rings. The lowest BCUT2D eigenvalue weighted by Crippen LogP contribution is -2.36. The summed E-state index contributed by atoms with van der Waals surface area (Å²) in [6, 6.07) is -0.170. The van der Waals surface area contributed by atoms with E-state index in [9.17, 15) is 4.79 Å². The molecule has 0 radical (unpaired) electrons. The number of ether oxygens (including phenoxy) is 1. The number of aromatic nitrogens is 2. The monoisotopic (exact) mass is 253 g/mol. The molecule has 1 atom stereocenters. The molecule has 2 rings (SSSR count). The lowest BCUT2D eigenvalue weighted by atomic mass is 10.2. The van der Waals surface area contributed by atoms with Crippen LogP contribution in [0.25, 0.3) is 0 Å². The minimum Gasteiger partial charge on any atom is -0.468 e. The van der Waals surface area contributed by atoms with Gasteiger partial charge in [-0.05, 0) is 25.8 Å². The summed E-state index contributed by atoms with van der Waals surface area (Å²) in [5.74, 6) is 1.14. The van der Waals surface area contributed by atoms with Gasteiger partial charge in [0.2, 0.25) is 5.89 Å². The van der Waals surface area contributed by atoms with Gasteiger partial charge in [0.25, 0.3) is 0 Å². The molecule has 6 nitrogen and oxygen atoms in total. The van der Waals surface area contributed by atoms with Gasteiger partial charge in [0.15, 0.2) is 5.82 Å². The fourth-order valence-corrected chi connectivity index (χ4v) is 2.27. The summed E-state index contributed by atoms with van der Waals surface area (Å²) in [5.41, 5.74) is 0. The van der Waals surface area contributed by atoms with Crippen molar-refractivity contribution in [2.75, 3.05) is 13.7 Å². The number of hydrogen-bond donors (Lipinski definition) is 0. The maximum absolute atomic E-state index is 11.6. The van der Waals surface area contributed by atoms with Crippen LogP contribution in [0.5, 0.6) is 0 Å². The van der Waals surface area contributed by atoms with Crippen LogP contribution in [0.15, 0.2) is 4.52 Å². The highest BCUT2D eigenvalue weighted by Crippen LogP contribution is 2.20. The number of likely N-dealkylation sites (tertiary alicyclic amines) is 1. The predicted molar refractivity (Wildman–Crippen MR) is 63.7 cm³/mol. The topological polar surface area (TPSA) is 68.5 Å². The summed E-state index contributed by atoms with van der Waals surface area (Å²) in [5, 5.41) is 3.91. The highest BCUT2D eigenvalue weighted by molar-refractivity contribution is 5.75. The molecule has 0 amide bonds. The van der Waals surface area contributed by atoms with Gasteiger partial charge in [-0.15, -0.1) is 0 Å². The van der Waals surface area contributed by atoms with Crippen LogP contribution >= 0.6 is 0 Å². The van der Waals surface area contributed by atoms with E-state index in [1.165, 1.54) is 7.11 Å². The van der Waals surface area contributed by atoms with Gasteiger partial charge >= 0.3 is 5.97 Å². The zero-order chi connectivity index (χ0) is 13.0. The summed E-state index contributed by atoms with van der Waals surface area (Å²) in [6.07, 6.45) is 3.65. The minimum absolute atomic E-state index is 0.170. The zero-order valence-corrected chi connectivity index (χ0v) is 10.9. The van der Waals surface area contributed by atoms with Crippen LogP contribution in [0.1, 0.15) is 37.9 Å². The molecule has 0 aromatic carbocycles. The van der Waals surface area contributed by atoms with Gasteiger partial charge in [-0.2, -0.15) is 4.98 Å². The lowest BCUT2D eigenvalue weighted by molar-refractivity contribution is -0.146. The highest BCUT2D eigenvalue weighted by Gasteiger charge is 2.32. The van der Waals surface area contributed by atoms with E-state index in [2.05, 4.69) is 17.1 Å². The van der Waals surface area contributed by atoms with Crippen LogP contribution in [0.2, 0.25) is 0 Å². The van der Waals surface area contributed by atoms with E-state index in [0.717, 1.165) is 38.1 Å². The average Bonchev–Trinajstić information content (AvgIpc) is 2.99. The molecular formula is C12H19N3O3. The Hall–Kier alpha value is -1.43. The Balaban J connectivity index is 1.96. The summed E-state index contributed by atoms with van der Waals surface area (Å²) >= 11 is 0. The van der Waals surface area contributed by atoms with Crippen molar-refractivity contribution in [3.63, 3.8) is 0 Å². The van der Waals surface area contributed by atoms with Gasteiger partial charge in [0.05, 0.1) is 13.7 Å². The SMILES string of the molecule is CCCc1noc(CN2CCCC2C(=O)OC)n1. The van der Waals surface area contributed by atoms with Crippen molar-refractivity contribution in [2.24, 2.45) is 0 Å². The Kier molecular flexibility index (Phi) is 4.30. The number of carbonyl (C=O) groups is 1. The first kappa shape index (κ1) is 13.0. The standard InChI is InChI=1S/C12H19N3O3/c1-3-5-10-13-11(18-14-10)8-15-7-4-6-9(15)12(16)17-2/h9H,3-8H2,1-2H3. The van der Waals surface area contributed by atoms with Crippen molar-refractivity contribution in [3.8, 4) is 0 Å². The molecule has 0 aliphatic carbocycles. The summed E-state index contributed by atoms with van der Waals surface area (Å²) in [7, 11) is 1.42. The molecule has 2 heterocycles. The maximum atomic E-state index is 11.6. The molecule has 100 valence electrons. The molecule has 0 saturated carbocycles. The van der Waals surface area contributed by atoms with Crippen molar-refractivity contribution in [2.45, 2.75) is 45.2 Å². The summed E-state index contributed by atoms with van der Waals surface area (Å²) in [4.78, 5) is 17.9. The second-order valence-electron chi connectivity index (χ2n) is 4.51. The van der Waals surface area contributed by atoms with E-state index in [1.807, 2.05) is 4.90 Å². The normalized spacial score (nSPS) is 20.2. The molecule has 18 heavy (non-hydrogen) atoms. The third-order valence-corrected chi connectivity index (χ3v) is 3.16. The Morgan fingerprint density at radius 2 is 2.44 bits per heavy atom. The number of carbonyl (C=O) groups excluding carboxylic acids is 1. The van der Waals surface area contributed by atoms with Gasteiger partial charge < -0.3 is 9.26 Å². The molecule has 0 bridgehead atoms. The van der Waals surface area contributed by atoms with Crippen molar-refractivity contribution in [1.82, 2.24) is 15.0 Å². The second kappa shape index (κ2) is 5.95. The van der Waals surface area contributed by atoms with Crippen molar-refractivity contribution < 1.29 is 14.1 Å². The molecule has 1 aromatic rings. The second-order valence-corrected chi connectivity index (χ2v) is 4.51. The Morgan fingerprint density at radius 1 is 1.61 bits per heavy atom. The number of rotatable bonds is 5. The number of esters is 1. The van der Waals surface area contributed by atoms with Crippen LogP contribution < -0.4 is 0 Å². The fraction of sp³-hybridized carbons (Fsp3) is 0.750. The van der Waals surface area contributed by atoms with Gasteiger partial charge in [0.1, 0.15) is 6.04 Å². The van der Waals surface area contributed by atoms with Crippen LogP contribution in [-0.2, 0) is 22.5 Å². The molecule has 0 spiro atoms. The zero-order valence-electron chi connectivity index (χ0n) is 10.9. The summed E-state index contributed by atoms with van der Waals surface area (Å²) in [6.45, 7) is 3.46. The number of nitrogens with zero attached hydrogens (tertiary/aromatic N) is 3. The average molecular weight is 253 g/mol. The van der Waals surface area contributed by atoms with Crippen LogP contribution in [0, 0.1) is 0 Å². The number of hydrogen-bond acceptors (Lipinski definition) is 6. The minimum atomic E-state index is -0.180. The molecule has 1 aromatic heterocycles. The van der Waals surface area contributed by atoms with E-state index in [0.29, 0.717) is 12.4 Å². The van der Waals surface area contributed by atoms with Gasteiger partial charge in [-0.3, -0.25) is 9.69 Å². The smallest absolute Gasteiger partial charge is 0.323 e. The van der Waals surface area contributed by atoms with Gasteiger partial charge in [-0.1, -0.05) is 12.1 Å². The summed E-state index contributed by atoms with van der Waals surface area (Å²) < 4.78 is 9.98. The fourth-order valence-electron chi connectivity index (χ4n) is 2.27. The van der Waals surface area contributed by atoms with Crippen LogP contribution in [0.3, 0.4) is 0 Å². The van der Waals surface area contributed by atoms with E-state index in [4.69, 9.17) is 9.26 Å². The first-order chi connectivity index (χ1) is 8.74. The van der Waals surface area contributed by atoms with E-state index >= 15 is 0 Å². The highest BCUT2D eigenvalue weighted by atomic mass is 16.5. The molecule has 1 saturated heterocycles. The maximum Gasteiger partial charge on any atom is 0.323 e. The quantitative estimate of drug-likeness (QED) is 0.733. The Labute approximate surface area is 106 Å². The molecule has 1 aliphatic heterocycles. The molecule has 1 unspecified atom stereocenters. The molecule has 1 aliphatic rings. The van der Waals surface area contributed by atoms with E-state index in [1.54, 1.807) is 0 Å². The van der Waals surface area contributed by atoms with E-state index in [-0.39, 0.29) is 12.0 Å². The van der Waals surface area contributed by atoms with Crippen molar-refractivity contribution in [3.05, 3.63) is 11.7 Å². The van der Waals surface area contributed by atoms with Crippen LogP contribution in [-0.4, -0.2) is 40.7 Å². The lowest BCUT2D eigenvalue weighted by Gasteiger charge is -2.19. The molecule has 0 N–H and O–H groups in total. The van der Waals surface area contributed by atoms with Gasteiger partial charge in [-0.25, -0.2) is 0 Å². The molecular weight excluding hydrogens is 234 g/mol. The number of aryl methyl sites for hydroxylation is 1. The van der Waals surface area contributed by atoms with E-state index < -0.39 is 0 Å². The predicted octanol–water partition coefficient (Wildman–Crippen LogP) is 1.16. The van der Waals surface area contributed by atoms with Crippen LogP contribution in [0.4, 0.5) is 0 Å². The third-order valence-electron chi connectivity index (χ3n) is 3.16.